The van der Waals surface area contributed by atoms with Crippen molar-refractivity contribution >= 4 is 34.8 Å². The van der Waals surface area contributed by atoms with E-state index in [4.69, 9.17) is 23.2 Å². The lowest BCUT2D eigenvalue weighted by atomic mass is 10.00. The molecule has 1 aromatic carbocycles. The summed E-state index contributed by atoms with van der Waals surface area (Å²) in [4.78, 5) is 14.1. The van der Waals surface area contributed by atoms with Crippen LogP contribution in [0.1, 0.15) is 26.2 Å². The first-order valence-electron chi connectivity index (χ1n) is 7.02. The molecule has 1 atom stereocenters. The van der Waals surface area contributed by atoms with Gasteiger partial charge in [-0.1, -0.05) is 30.1 Å². The van der Waals surface area contributed by atoms with Gasteiger partial charge in [-0.05, 0) is 37.0 Å². The lowest BCUT2D eigenvalue weighted by Crippen LogP contribution is -2.39. The molecule has 2 rings (SSSR count). The van der Waals surface area contributed by atoms with Crippen LogP contribution in [0.25, 0.3) is 0 Å². The molecule has 1 amide bonds. The van der Waals surface area contributed by atoms with Crippen molar-refractivity contribution in [2.45, 2.75) is 26.2 Å². The minimum absolute atomic E-state index is 0.220. The number of likely N-dealkylation sites (tertiary alicyclic amines) is 1. The molecule has 3 nitrogen and oxygen atoms in total. The summed E-state index contributed by atoms with van der Waals surface area (Å²) < 4.78 is 0. The molecule has 0 bridgehead atoms. The Morgan fingerprint density at radius 1 is 1.35 bits per heavy atom. The van der Waals surface area contributed by atoms with E-state index in [9.17, 15) is 4.79 Å². The van der Waals surface area contributed by atoms with Gasteiger partial charge >= 0.3 is 0 Å². The molecule has 1 unspecified atom stereocenters. The number of anilines is 1. The van der Waals surface area contributed by atoms with Gasteiger partial charge < -0.3 is 10.2 Å². The van der Waals surface area contributed by atoms with Crippen LogP contribution in [0, 0.1) is 5.92 Å². The van der Waals surface area contributed by atoms with Crippen molar-refractivity contribution in [2.24, 2.45) is 5.92 Å². The van der Waals surface area contributed by atoms with Crippen LogP contribution in [0.3, 0.4) is 0 Å². The molecular formula is C15H20Cl2N2O. The Morgan fingerprint density at radius 2 is 2.05 bits per heavy atom. The average molecular weight is 315 g/mol. The van der Waals surface area contributed by atoms with Gasteiger partial charge in [0.15, 0.2) is 0 Å². The number of piperidine rings is 1. The molecular weight excluding hydrogens is 295 g/mol. The van der Waals surface area contributed by atoms with Gasteiger partial charge in [-0.2, -0.15) is 0 Å². The minimum Gasteiger partial charge on any atom is -0.384 e. The van der Waals surface area contributed by atoms with Gasteiger partial charge in [0.2, 0.25) is 5.91 Å². The van der Waals surface area contributed by atoms with E-state index in [1.165, 1.54) is 6.42 Å². The van der Waals surface area contributed by atoms with E-state index in [2.05, 4.69) is 12.2 Å². The fraction of sp³-hybridized carbons (Fsp3) is 0.533. The molecule has 0 radical (unpaired) electrons. The fourth-order valence-corrected chi connectivity index (χ4v) is 3.07. The topological polar surface area (TPSA) is 32.3 Å². The molecule has 1 N–H and O–H groups in total. The number of carbonyl (C=O) groups is 1. The number of rotatable bonds is 4. The van der Waals surface area contributed by atoms with Crippen LogP contribution in [0.15, 0.2) is 18.2 Å². The maximum atomic E-state index is 12.1. The second-order valence-corrected chi connectivity index (χ2v) is 6.29. The number of halogens is 2. The van der Waals surface area contributed by atoms with Crippen LogP contribution in [0.2, 0.25) is 10.0 Å². The quantitative estimate of drug-likeness (QED) is 0.909. The Kier molecular flexibility index (Phi) is 5.55. The van der Waals surface area contributed by atoms with Crippen molar-refractivity contribution in [3.8, 4) is 0 Å². The van der Waals surface area contributed by atoms with E-state index < -0.39 is 0 Å². The molecule has 20 heavy (non-hydrogen) atoms. The molecule has 0 aliphatic carbocycles. The smallest absolute Gasteiger partial charge is 0.224 e. The summed E-state index contributed by atoms with van der Waals surface area (Å²) in [7, 11) is 0. The molecule has 0 saturated carbocycles. The zero-order chi connectivity index (χ0) is 14.5. The van der Waals surface area contributed by atoms with Crippen molar-refractivity contribution in [1.29, 1.82) is 0 Å². The maximum Gasteiger partial charge on any atom is 0.224 e. The van der Waals surface area contributed by atoms with Crippen molar-refractivity contribution in [2.75, 3.05) is 25.0 Å². The van der Waals surface area contributed by atoms with Crippen molar-refractivity contribution in [3.63, 3.8) is 0 Å². The monoisotopic (exact) mass is 314 g/mol. The van der Waals surface area contributed by atoms with Crippen LogP contribution >= 0.6 is 23.2 Å². The van der Waals surface area contributed by atoms with Gasteiger partial charge in [0.05, 0.1) is 0 Å². The molecule has 1 aliphatic rings. The zero-order valence-corrected chi connectivity index (χ0v) is 13.2. The molecule has 1 aromatic rings. The number of benzene rings is 1. The van der Waals surface area contributed by atoms with Crippen LogP contribution in [-0.2, 0) is 4.79 Å². The fourth-order valence-electron chi connectivity index (χ4n) is 2.54. The molecule has 1 saturated heterocycles. The first kappa shape index (κ1) is 15.5. The standard InChI is InChI=1S/C15H20Cl2N2O/c1-11-3-2-6-19(10-11)15(20)4-5-18-14-8-12(16)7-13(17)9-14/h7-9,11,18H,2-6,10H2,1H3. The summed E-state index contributed by atoms with van der Waals surface area (Å²) in [5, 5.41) is 4.38. The third-order valence-corrected chi connectivity index (χ3v) is 3.98. The largest absolute Gasteiger partial charge is 0.384 e. The molecule has 5 heteroatoms. The first-order valence-corrected chi connectivity index (χ1v) is 7.78. The molecule has 1 aliphatic heterocycles. The van der Waals surface area contributed by atoms with Crippen molar-refractivity contribution in [3.05, 3.63) is 28.2 Å². The first-order chi connectivity index (χ1) is 9.54. The average Bonchev–Trinajstić information content (AvgIpc) is 2.37. The highest BCUT2D eigenvalue weighted by Gasteiger charge is 2.20. The summed E-state index contributed by atoms with van der Waals surface area (Å²) >= 11 is 11.9. The van der Waals surface area contributed by atoms with Crippen LogP contribution in [0.4, 0.5) is 5.69 Å². The van der Waals surface area contributed by atoms with Gasteiger partial charge in [-0.25, -0.2) is 0 Å². The predicted octanol–water partition coefficient (Wildman–Crippen LogP) is 4.05. The Balaban J connectivity index is 1.78. The summed E-state index contributed by atoms with van der Waals surface area (Å²) in [6, 6.07) is 5.30. The number of carbonyl (C=O) groups excluding carboxylic acids is 1. The molecule has 1 heterocycles. The minimum atomic E-state index is 0.220. The molecule has 110 valence electrons. The van der Waals surface area contributed by atoms with E-state index in [1.807, 2.05) is 4.90 Å². The second-order valence-electron chi connectivity index (χ2n) is 5.42. The summed E-state index contributed by atoms with van der Waals surface area (Å²) in [5.41, 5.74) is 0.849. The van der Waals surface area contributed by atoms with E-state index in [1.54, 1.807) is 18.2 Å². The summed E-state index contributed by atoms with van der Waals surface area (Å²) in [6.07, 6.45) is 2.84. The van der Waals surface area contributed by atoms with E-state index in [-0.39, 0.29) is 5.91 Å². The Morgan fingerprint density at radius 3 is 2.70 bits per heavy atom. The van der Waals surface area contributed by atoms with Gasteiger partial charge in [-0.3, -0.25) is 4.79 Å². The molecule has 1 fully saturated rings. The van der Waals surface area contributed by atoms with Gasteiger partial charge in [0.25, 0.3) is 0 Å². The molecule has 0 spiro atoms. The summed E-state index contributed by atoms with van der Waals surface area (Å²) in [5.74, 6) is 0.838. The summed E-state index contributed by atoms with van der Waals surface area (Å²) in [6.45, 7) is 4.58. The number of hydrogen-bond donors (Lipinski definition) is 1. The number of nitrogens with one attached hydrogen (secondary N) is 1. The van der Waals surface area contributed by atoms with E-state index in [0.29, 0.717) is 28.9 Å². The van der Waals surface area contributed by atoms with E-state index in [0.717, 1.165) is 25.2 Å². The highest BCUT2D eigenvalue weighted by atomic mass is 35.5. The van der Waals surface area contributed by atoms with Crippen LogP contribution in [0.5, 0.6) is 0 Å². The van der Waals surface area contributed by atoms with Crippen molar-refractivity contribution < 1.29 is 4.79 Å². The number of amides is 1. The normalized spacial score (nSPS) is 18.9. The Bertz CT molecular complexity index is 459. The zero-order valence-electron chi connectivity index (χ0n) is 11.7. The van der Waals surface area contributed by atoms with Gasteiger partial charge in [0.1, 0.15) is 0 Å². The highest BCUT2D eigenvalue weighted by molar-refractivity contribution is 6.35. The lowest BCUT2D eigenvalue weighted by molar-refractivity contribution is -0.132. The van der Waals surface area contributed by atoms with Gasteiger partial charge in [-0.15, -0.1) is 0 Å². The maximum absolute atomic E-state index is 12.1. The SMILES string of the molecule is CC1CCCN(C(=O)CCNc2cc(Cl)cc(Cl)c2)C1. The van der Waals surface area contributed by atoms with Crippen molar-refractivity contribution in [1.82, 2.24) is 4.90 Å². The second kappa shape index (κ2) is 7.19. The lowest BCUT2D eigenvalue weighted by Gasteiger charge is -2.31. The Hall–Kier alpha value is -0.930. The predicted molar refractivity (Wildman–Crippen MR) is 84.5 cm³/mol. The van der Waals surface area contributed by atoms with Gasteiger partial charge in [0, 0.05) is 41.8 Å². The number of nitrogens with zero attached hydrogens (tertiary/aromatic N) is 1. The third kappa shape index (κ3) is 4.57. The van der Waals surface area contributed by atoms with E-state index >= 15 is 0 Å². The highest BCUT2D eigenvalue weighted by Crippen LogP contribution is 2.22. The Labute approximate surface area is 130 Å². The number of hydrogen-bond acceptors (Lipinski definition) is 2. The van der Waals surface area contributed by atoms with Crippen LogP contribution in [-0.4, -0.2) is 30.4 Å². The molecule has 0 aromatic heterocycles. The third-order valence-electron chi connectivity index (χ3n) is 3.54. The van der Waals surface area contributed by atoms with Crippen LogP contribution < -0.4 is 5.32 Å².